The summed E-state index contributed by atoms with van der Waals surface area (Å²) in [6, 6.07) is 7.76. The van der Waals surface area contributed by atoms with Crippen LogP contribution in [0.4, 0.5) is 5.69 Å². The minimum Gasteiger partial charge on any atom is -0.393 e. The van der Waals surface area contributed by atoms with Crippen molar-refractivity contribution in [3.63, 3.8) is 0 Å². The maximum Gasteiger partial charge on any atom is 0.227 e. The van der Waals surface area contributed by atoms with Crippen molar-refractivity contribution < 1.29 is 14.7 Å². The third-order valence-corrected chi connectivity index (χ3v) is 4.08. The average Bonchev–Trinajstić information content (AvgIpc) is 2.86. The van der Waals surface area contributed by atoms with E-state index in [-0.39, 0.29) is 24.2 Å². The van der Waals surface area contributed by atoms with E-state index in [0.29, 0.717) is 19.5 Å². The lowest BCUT2D eigenvalue weighted by Gasteiger charge is -2.22. The van der Waals surface area contributed by atoms with Gasteiger partial charge in [-0.05, 0) is 32.4 Å². The number of hydrogen-bond acceptors (Lipinski definition) is 3. The van der Waals surface area contributed by atoms with E-state index in [2.05, 4.69) is 0 Å². The molecule has 2 rings (SSSR count). The van der Waals surface area contributed by atoms with E-state index in [1.54, 1.807) is 23.8 Å². The Morgan fingerprint density at radius 3 is 2.64 bits per heavy atom. The number of amides is 2. The van der Waals surface area contributed by atoms with E-state index < -0.39 is 6.10 Å². The van der Waals surface area contributed by atoms with Crippen molar-refractivity contribution in [2.45, 2.75) is 32.8 Å². The lowest BCUT2D eigenvalue weighted by Crippen LogP contribution is -2.36. The number of nitrogens with zero attached hydrogens (tertiary/aromatic N) is 2. The smallest absolute Gasteiger partial charge is 0.227 e. The summed E-state index contributed by atoms with van der Waals surface area (Å²) >= 11 is 0. The first-order valence-electron chi connectivity index (χ1n) is 7.68. The summed E-state index contributed by atoms with van der Waals surface area (Å²) in [6.45, 7) is 4.64. The molecule has 1 aromatic rings. The van der Waals surface area contributed by atoms with Crippen LogP contribution in [0.15, 0.2) is 24.3 Å². The van der Waals surface area contributed by atoms with Gasteiger partial charge in [-0.1, -0.05) is 17.7 Å². The first kappa shape index (κ1) is 16.5. The molecule has 120 valence electrons. The number of benzene rings is 1. The number of rotatable bonds is 5. The monoisotopic (exact) mass is 304 g/mol. The van der Waals surface area contributed by atoms with E-state index in [0.717, 1.165) is 11.3 Å². The lowest BCUT2D eigenvalue weighted by atomic mass is 10.1. The van der Waals surface area contributed by atoms with E-state index in [1.165, 1.54) is 0 Å². The normalized spacial score (nSPS) is 19.4. The van der Waals surface area contributed by atoms with Crippen LogP contribution in [0.1, 0.15) is 25.3 Å². The molecule has 5 heteroatoms. The van der Waals surface area contributed by atoms with Gasteiger partial charge >= 0.3 is 0 Å². The SMILES string of the molecule is Cc1ccc(N2CC(C(=O)N(C)CCC(C)O)CC2=O)cc1. The summed E-state index contributed by atoms with van der Waals surface area (Å²) in [5.41, 5.74) is 1.98. The van der Waals surface area contributed by atoms with Crippen LogP contribution in [0, 0.1) is 12.8 Å². The van der Waals surface area contributed by atoms with Gasteiger partial charge in [-0.25, -0.2) is 0 Å². The van der Waals surface area contributed by atoms with E-state index in [9.17, 15) is 14.7 Å². The van der Waals surface area contributed by atoms with Crippen LogP contribution >= 0.6 is 0 Å². The van der Waals surface area contributed by atoms with Gasteiger partial charge in [0.05, 0.1) is 12.0 Å². The van der Waals surface area contributed by atoms with Crippen LogP contribution in [0.3, 0.4) is 0 Å². The molecule has 1 fully saturated rings. The van der Waals surface area contributed by atoms with Gasteiger partial charge in [0.1, 0.15) is 0 Å². The van der Waals surface area contributed by atoms with E-state index >= 15 is 0 Å². The third kappa shape index (κ3) is 3.85. The highest BCUT2D eigenvalue weighted by molar-refractivity contribution is 6.00. The Bertz CT molecular complexity index is 539. The fraction of sp³-hybridized carbons (Fsp3) is 0.529. The second-order valence-corrected chi connectivity index (χ2v) is 6.14. The van der Waals surface area contributed by atoms with E-state index in [1.807, 2.05) is 31.2 Å². The van der Waals surface area contributed by atoms with Crippen molar-refractivity contribution >= 4 is 17.5 Å². The first-order chi connectivity index (χ1) is 10.4. The number of carbonyl (C=O) groups excluding carboxylic acids is 2. The lowest BCUT2D eigenvalue weighted by molar-refractivity contribution is -0.134. The summed E-state index contributed by atoms with van der Waals surface area (Å²) in [7, 11) is 1.73. The Hall–Kier alpha value is -1.88. The average molecular weight is 304 g/mol. The molecule has 2 amide bonds. The number of carbonyl (C=O) groups is 2. The fourth-order valence-electron chi connectivity index (χ4n) is 2.65. The van der Waals surface area contributed by atoms with Crippen LogP contribution in [0.2, 0.25) is 0 Å². The number of aliphatic hydroxyl groups is 1. The topological polar surface area (TPSA) is 60.9 Å². The zero-order valence-corrected chi connectivity index (χ0v) is 13.5. The molecule has 2 unspecified atom stereocenters. The zero-order valence-electron chi connectivity index (χ0n) is 13.5. The predicted molar refractivity (Wildman–Crippen MR) is 85.6 cm³/mol. The molecule has 5 nitrogen and oxygen atoms in total. The van der Waals surface area contributed by atoms with Gasteiger partial charge in [0.15, 0.2) is 0 Å². The van der Waals surface area contributed by atoms with Gasteiger partial charge in [-0.3, -0.25) is 9.59 Å². The van der Waals surface area contributed by atoms with Gasteiger partial charge in [0.2, 0.25) is 11.8 Å². The Morgan fingerprint density at radius 1 is 1.41 bits per heavy atom. The maximum atomic E-state index is 12.4. The minimum atomic E-state index is -0.426. The summed E-state index contributed by atoms with van der Waals surface area (Å²) in [5, 5.41) is 9.30. The molecule has 1 aromatic carbocycles. The zero-order chi connectivity index (χ0) is 16.3. The molecular weight excluding hydrogens is 280 g/mol. The Kier molecular flexibility index (Phi) is 5.19. The molecule has 0 radical (unpaired) electrons. The van der Waals surface area contributed by atoms with Crippen molar-refractivity contribution in [1.29, 1.82) is 0 Å². The molecule has 2 atom stereocenters. The van der Waals surface area contributed by atoms with Crippen LogP contribution in [0.25, 0.3) is 0 Å². The molecule has 0 spiro atoms. The van der Waals surface area contributed by atoms with Crippen molar-refractivity contribution in [2.75, 3.05) is 25.0 Å². The second-order valence-electron chi connectivity index (χ2n) is 6.14. The molecule has 1 N–H and O–H groups in total. The number of hydrogen-bond donors (Lipinski definition) is 1. The number of aryl methyl sites for hydroxylation is 1. The molecule has 22 heavy (non-hydrogen) atoms. The second kappa shape index (κ2) is 6.92. The highest BCUT2D eigenvalue weighted by atomic mass is 16.3. The van der Waals surface area contributed by atoms with Crippen molar-refractivity contribution in [1.82, 2.24) is 4.90 Å². The largest absolute Gasteiger partial charge is 0.393 e. The summed E-state index contributed by atoms with van der Waals surface area (Å²) in [6.07, 6.45) is 0.376. The van der Waals surface area contributed by atoms with Crippen molar-refractivity contribution in [3.8, 4) is 0 Å². The molecule has 0 saturated carbocycles. The Balaban J connectivity index is 1.99. The van der Waals surface area contributed by atoms with Crippen LogP contribution in [-0.2, 0) is 9.59 Å². The highest BCUT2D eigenvalue weighted by Gasteiger charge is 2.36. The fourth-order valence-corrected chi connectivity index (χ4v) is 2.65. The summed E-state index contributed by atoms with van der Waals surface area (Å²) < 4.78 is 0. The standard InChI is InChI=1S/C17H24N2O3/c1-12-4-6-15(7-5-12)19-11-14(10-16(19)21)17(22)18(3)9-8-13(2)20/h4-7,13-14,20H,8-11H2,1-3H3. The van der Waals surface area contributed by atoms with Gasteiger partial charge in [0.25, 0.3) is 0 Å². The first-order valence-corrected chi connectivity index (χ1v) is 7.68. The summed E-state index contributed by atoms with van der Waals surface area (Å²) in [4.78, 5) is 27.9. The molecule has 1 heterocycles. The van der Waals surface area contributed by atoms with Crippen molar-refractivity contribution in [3.05, 3.63) is 29.8 Å². The molecule has 0 aliphatic carbocycles. The van der Waals surface area contributed by atoms with Crippen LogP contribution in [0.5, 0.6) is 0 Å². The molecule has 1 aliphatic rings. The Morgan fingerprint density at radius 2 is 2.05 bits per heavy atom. The molecular formula is C17H24N2O3. The minimum absolute atomic E-state index is 0.00821. The number of anilines is 1. The number of aliphatic hydroxyl groups excluding tert-OH is 1. The molecule has 0 aromatic heterocycles. The molecule has 1 saturated heterocycles. The predicted octanol–water partition coefficient (Wildman–Crippen LogP) is 1.58. The van der Waals surface area contributed by atoms with Crippen LogP contribution < -0.4 is 4.90 Å². The van der Waals surface area contributed by atoms with Gasteiger partial charge < -0.3 is 14.9 Å². The maximum absolute atomic E-state index is 12.4. The van der Waals surface area contributed by atoms with Crippen LogP contribution in [-0.4, -0.2) is 48.1 Å². The third-order valence-electron chi connectivity index (χ3n) is 4.08. The van der Waals surface area contributed by atoms with Crippen molar-refractivity contribution in [2.24, 2.45) is 5.92 Å². The van der Waals surface area contributed by atoms with Gasteiger partial charge in [0, 0.05) is 32.2 Å². The molecule has 0 bridgehead atoms. The summed E-state index contributed by atoms with van der Waals surface area (Å²) in [5.74, 6) is -0.331. The quantitative estimate of drug-likeness (QED) is 0.898. The molecule has 1 aliphatic heterocycles. The highest BCUT2D eigenvalue weighted by Crippen LogP contribution is 2.26. The van der Waals surface area contributed by atoms with Gasteiger partial charge in [-0.2, -0.15) is 0 Å². The van der Waals surface area contributed by atoms with E-state index in [4.69, 9.17) is 0 Å². The van der Waals surface area contributed by atoms with Gasteiger partial charge in [-0.15, -0.1) is 0 Å². The Labute approximate surface area is 131 Å².